The highest BCUT2D eigenvalue weighted by molar-refractivity contribution is 5.85. The molecule has 0 radical (unpaired) electrons. The summed E-state index contributed by atoms with van der Waals surface area (Å²) < 4.78 is 38.8. The summed E-state index contributed by atoms with van der Waals surface area (Å²) in [6.07, 6.45) is -2.82. The smallest absolute Gasteiger partial charge is 0.338 e. The fourth-order valence-electron chi connectivity index (χ4n) is 2.83. The number of carbonyl (C=O) groups is 1. The number of likely N-dealkylation sites (N-methyl/N-ethyl adjacent to an activating group) is 1. The standard InChI is InChI=1S/C15H19F3N2O.ClH/c1-19-10-12-6-4-8-20(12)14(21)9-11-5-2-3-7-13(11)15(16,17)18;/h2-3,5,7,12,19H,4,6,8-10H2,1H3;1H. The molecule has 1 heterocycles. The van der Waals surface area contributed by atoms with Crippen molar-refractivity contribution in [3.63, 3.8) is 0 Å². The third-order valence-corrected chi connectivity index (χ3v) is 3.80. The fraction of sp³-hybridized carbons (Fsp3) is 0.533. The van der Waals surface area contributed by atoms with Crippen LogP contribution in [0.4, 0.5) is 13.2 Å². The molecule has 1 saturated heterocycles. The zero-order valence-corrected chi connectivity index (χ0v) is 13.1. The summed E-state index contributed by atoms with van der Waals surface area (Å²) in [6, 6.07) is 5.37. The number of nitrogens with zero attached hydrogens (tertiary/aromatic N) is 1. The Morgan fingerprint density at radius 3 is 2.68 bits per heavy atom. The average molecular weight is 337 g/mol. The second-order valence-electron chi connectivity index (χ2n) is 5.27. The molecule has 1 aromatic carbocycles. The van der Waals surface area contributed by atoms with E-state index in [2.05, 4.69) is 5.32 Å². The van der Waals surface area contributed by atoms with E-state index in [-0.39, 0.29) is 36.3 Å². The molecule has 1 amide bonds. The Kier molecular flexibility index (Phi) is 6.68. The second kappa shape index (κ2) is 7.83. The second-order valence-corrected chi connectivity index (χ2v) is 5.27. The number of halogens is 4. The van der Waals surface area contributed by atoms with E-state index in [0.29, 0.717) is 13.1 Å². The predicted molar refractivity (Wildman–Crippen MR) is 81.1 cm³/mol. The molecule has 1 fully saturated rings. The number of nitrogens with one attached hydrogen (secondary N) is 1. The summed E-state index contributed by atoms with van der Waals surface area (Å²) in [5, 5.41) is 3.02. The van der Waals surface area contributed by atoms with E-state index >= 15 is 0 Å². The molecule has 0 aromatic heterocycles. The molecule has 0 spiro atoms. The van der Waals surface area contributed by atoms with Crippen LogP contribution < -0.4 is 5.32 Å². The normalized spacial score (nSPS) is 18.2. The van der Waals surface area contributed by atoms with Crippen molar-refractivity contribution in [1.29, 1.82) is 0 Å². The van der Waals surface area contributed by atoms with Crippen molar-refractivity contribution in [3.05, 3.63) is 35.4 Å². The molecule has 1 unspecified atom stereocenters. The van der Waals surface area contributed by atoms with Crippen molar-refractivity contribution in [3.8, 4) is 0 Å². The van der Waals surface area contributed by atoms with Gasteiger partial charge < -0.3 is 10.2 Å². The molecule has 22 heavy (non-hydrogen) atoms. The highest BCUT2D eigenvalue weighted by Crippen LogP contribution is 2.32. The zero-order chi connectivity index (χ0) is 15.5. The maximum absolute atomic E-state index is 12.9. The molecule has 0 saturated carbocycles. The average Bonchev–Trinajstić information content (AvgIpc) is 2.87. The molecule has 124 valence electrons. The Hall–Kier alpha value is -1.27. The Labute approximate surface area is 134 Å². The molecule has 3 nitrogen and oxygen atoms in total. The summed E-state index contributed by atoms with van der Waals surface area (Å²) in [5.41, 5.74) is -0.673. The van der Waals surface area contributed by atoms with Gasteiger partial charge in [0.15, 0.2) is 0 Å². The van der Waals surface area contributed by atoms with Crippen LogP contribution in [0.5, 0.6) is 0 Å². The first-order chi connectivity index (χ1) is 9.93. The van der Waals surface area contributed by atoms with Crippen molar-refractivity contribution in [2.45, 2.75) is 31.5 Å². The summed E-state index contributed by atoms with van der Waals surface area (Å²) in [4.78, 5) is 14.0. The zero-order valence-electron chi connectivity index (χ0n) is 12.3. The van der Waals surface area contributed by atoms with Gasteiger partial charge in [0.05, 0.1) is 12.0 Å². The van der Waals surface area contributed by atoms with E-state index in [1.165, 1.54) is 18.2 Å². The fourth-order valence-corrected chi connectivity index (χ4v) is 2.83. The Morgan fingerprint density at radius 2 is 2.05 bits per heavy atom. The van der Waals surface area contributed by atoms with Crippen LogP contribution >= 0.6 is 12.4 Å². The maximum atomic E-state index is 12.9. The molecule has 0 bridgehead atoms. The van der Waals surface area contributed by atoms with Gasteiger partial charge in [-0.25, -0.2) is 0 Å². The lowest BCUT2D eigenvalue weighted by Gasteiger charge is -2.25. The minimum atomic E-state index is -4.42. The van der Waals surface area contributed by atoms with E-state index in [1.807, 2.05) is 0 Å². The lowest BCUT2D eigenvalue weighted by molar-refractivity contribution is -0.138. The van der Waals surface area contributed by atoms with Crippen molar-refractivity contribution in [1.82, 2.24) is 10.2 Å². The van der Waals surface area contributed by atoms with Gasteiger partial charge in [-0.2, -0.15) is 13.2 Å². The predicted octanol–water partition coefficient (Wildman–Crippen LogP) is 2.88. The minimum absolute atomic E-state index is 0. The number of amides is 1. The van der Waals surface area contributed by atoms with Crippen LogP contribution in [0.25, 0.3) is 0 Å². The molecule has 1 atom stereocenters. The SMILES string of the molecule is CNCC1CCCN1C(=O)Cc1ccccc1C(F)(F)F.Cl. The molecule has 1 N–H and O–H groups in total. The third-order valence-electron chi connectivity index (χ3n) is 3.80. The number of alkyl halides is 3. The number of carbonyl (C=O) groups excluding carboxylic acids is 1. The quantitative estimate of drug-likeness (QED) is 0.917. The Bertz CT molecular complexity index is 508. The first kappa shape index (κ1) is 18.8. The van der Waals surface area contributed by atoms with Gasteiger partial charge in [-0.3, -0.25) is 4.79 Å². The maximum Gasteiger partial charge on any atom is 0.416 e. The molecule has 0 aliphatic carbocycles. The largest absolute Gasteiger partial charge is 0.416 e. The van der Waals surface area contributed by atoms with Crippen LogP contribution in [-0.4, -0.2) is 37.0 Å². The monoisotopic (exact) mass is 336 g/mol. The van der Waals surface area contributed by atoms with Gasteiger partial charge in [0, 0.05) is 19.1 Å². The number of rotatable bonds is 4. The number of benzene rings is 1. The third kappa shape index (κ3) is 4.36. The van der Waals surface area contributed by atoms with Gasteiger partial charge in [0.25, 0.3) is 0 Å². The van der Waals surface area contributed by atoms with Crippen molar-refractivity contribution in [2.24, 2.45) is 0 Å². The van der Waals surface area contributed by atoms with Gasteiger partial charge in [0.1, 0.15) is 0 Å². The van der Waals surface area contributed by atoms with Gasteiger partial charge in [-0.05, 0) is 31.5 Å². The van der Waals surface area contributed by atoms with E-state index in [1.54, 1.807) is 11.9 Å². The van der Waals surface area contributed by atoms with Crippen LogP contribution in [0.2, 0.25) is 0 Å². The summed E-state index contributed by atoms with van der Waals surface area (Å²) >= 11 is 0. The van der Waals surface area contributed by atoms with Crippen molar-refractivity contribution in [2.75, 3.05) is 20.1 Å². The highest BCUT2D eigenvalue weighted by Gasteiger charge is 2.34. The molecular formula is C15H20ClF3N2O. The van der Waals surface area contributed by atoms with E-state index in [9.17, 15) is 18.0 Å². The van der Waals surface area contributed by atoms with Crippen LogP contribution in [0.1, 0.15) is 24.0 Å². The number of likely N-dealkylation sites (tertiary alicyclic amines) is 1. The summed E-state index contributed by atoms with van der Waals surface area (Å²) in [7, 11) is 1.81. The van der Waals surface area contributed by atoms with Crippen molar-refractivity contribution < 1.29 is 18.0 Å². The lowest BCUT2D eigenvalue weighted by atomic mass is 10.0. The molecule has 1 aliphatic rings. The highest BCUT2D eigenvalue weighted by atomic mass is 35.5. The topological polar surface area (TPSA) is 32.3 Å². The minimum Gasteiger partial charge on any atom is -0.338 e. The van der Waals surface area contributed by atoms with E-state index in [4.69, 9.17) is 0 Å². The van der Waals surface area contributed by atoms with Gasteiger partial charge in [0.2, 0.25) is 5.91 Å². The molecule has 7 heteroatoms. The van der Waals surface area contributed by atoms with Gasteiger partial charge in [-0.15, -0.1) is 12.4 Å². The first-order valence-electron chi connectivity index (χ1n) is 7.02. The van der Waals surface area contributed by atoms with Crippen LogP contribution in [0.15, 0.2) is 24.3 Å². The van der Waals surface area contributed by atoms with Crippen LogP contribution in [0, 0.1) is 0 Å². The molecular weight excluding hydrogens is 317 g/mol. The Morgan fingerprint density at radius 1 is 1.36 bits per heavy atom. The number of hydrogen-bond donors (Lipinski definition) is 1. The van der Waals surface area contributed by atoms with Gasteiger partial charge in [-0.1, -0.05) is 18.2 Å². The van der Waals surface area contributed by atoms with Crippen LogP contribution in [0.3, 0.4) is 0 Å². The van der Waals surface area contributed by atoms with Crippen LogP contribution in [-0.2, 0) is 17.4 Å². The lowest BCUT2D eigenvalue weighted by Crippen LogP contribution is -2.41. The summed E-state index contributed by atoms with van der Waals surface area (Å²) in [6.45, 7) is 1.30. The summed E-state index contributed by atoms with van der Waals surface area (Å²) in [5.74, 6) is -0.232. The molecule has 1 aliphatic heterocycles. The Balaban J connectivity index is 0.00000242. The van der Waals surface area contributed by atoms with E-state index in [0.717, 1.165) is 18.9 Å². The van der Waals surface area contributed by atoms with Crippen molar-refractivity contribution >= 4 is 18.3 Å². The molecule has 1 aromatic rings. The molecule has 2 rings (SSSR count). The van der Waals surface area contributed by atoms with Gasteiger partial charge >= 0.3 is 6.18 Å². The first-order valence-corrected chi connectivity index (χ1v) is 7.02. The van der Waals surface area contributed by atoms with E-state index < -0.39 is 11.7 Å². The number of hydrogen-bond acceptors (Lipinski definition) is 2.